The molecule has 1 N–H and O–H groups in total. The highest BCUT2D eigenvalue weighted by Crippen LogP contribution is 2.55. The molecule has 2 unspecified atom stereocenters. The maximum atomic E-state index is 14.5. The number of allylic oxidation sites excluding steroid dienone is 4. The van der Waals surface area contributed by atoms with Crippen LogP contribution in [0.5, 0.6) is 0 Å². The van der Waals surface area contributed by atoms with Gasteiger partial charge in [0, 0.05) is 18.8 Å². The Kier molecular flexibility index (Phi) is 5.19. The van der Waals surface area contributed by atoms with Crippen LogP contribution < -0.4 is 5.32 Å². The second-order valence-corrected chi connectivity index (χ2v) is 6.77. The van der Waals surface area contributed by atoms with Gasteiger partial charge in [-0.1, -0.05) is 30.4 Å². The summed E-state index contributed by atoms with van der Waals surface area (Å²) in [6.45, 7) is 0.860. The number of nitrogens with one attached hydrogen (secondary N) is 1. The zero-order valence-electron chi connectivity index (χ0n) is 14.6. The Morgan fingerprint density at radius 3 is 2.46 bits per heavy atom. The first-order valence-electron chi connectivity index (χ1n) is 8.57. The molecule has 1 aliphatic heterocycles. The highest BCUT2D eigenvalue weighted by atomic mass is 19.4. The average molecular weight is 401 g/mol. The molecule has 0 saturated carbocycles. The Labute approximate surface area is 157 Å². The van der Waals surface area contributed by atoms with Crippen molar-refractivity contribution in [3.8, 4) is 6.07 Å². The molecule has 2 atom stereocenters. The molecule has 3 nitrogen and oxygen atoms in total. The van der Waals surface area contributed by atoms with Gasteiger partial charge in [0.05, 0.1) is 24.2 Å². The van der Waals surface area contributed by atoms with Crippen molar-refractivity contribution < 1.29 is 26.3 Å². The molecule has 1 saturated heterocycles. The number of nitrogens with zero attached hydrogens (tertiary/aromatic N) is 2. The van der Waals surface area contributed by atoms with Crippen LogP contribution in [-0.4, -0.2) is 30.8 Å². The van der Waals surface area contributed by atoms with Crippen LogP contribution >= 0.6 is 0 Å². The summed E-state index contributed by atoms with van der Waals surface area (Å²) >= 11 is 0. The smallest absolute Gasteiger partial charge is 0.360 e. The fourth-order valence-corrected chi connectivity index (χ4v) is 3.86. The first-order valence-corrected chi connectivity index (χ1v) is 8.57. The average Bonchev–Trinajstić information content (AvgIpc) is 3.14. The second kappa shape index (κ2) is 7.17. The van der Waals surface area contributed by atoms with Gasteiger partial charge in [0.1, 0.15) is 5.41 Å². The number of hydrogen-bond donors (Lipinski definition) is 1. The predicted molar refractivity (Wildman–Crippen MR) is 89.5 cm³/mol. The minimum Gasteiger partial charge on any atom is -0.360 e. The highest BCUT2D eigenvalue weighted by molar-refractivity contribution is 5.39. The van der Waals surface area contributed by atoms with E-state index in [0.717, 1.165) is 24.3 Å². The molecule has 1 aromatic rings. The highest BCUT2D eigenvalue weighted by Gasteiger charge is 2.63. The molecule has 0 bridgehead atoms. The zero-order valence-corrected chi connectivity index (χ0v) is 14.6. The van der Waals surface area contributed by atoms with Gasteiger partial charge in [0.2, 0.25) is 0 Å². The molecule has 0 spiro atoms. The molecule has 9 heteroatoms. The van der Waals surface area contributed by atoms with E-state index in [1.807, 2.05) is 0 Å². The van der Waals surface area contributed by atoms with Crippen LogP contribution in [0.3, 0.4) is 0 Å². The molecule has 0 aromatic heterocycles. The summed E-state index contributed by atoms with van der Waals surface area (Å²) in [4.78, 5) is 1.44. The topological polar surface area (TPSA) is 39.1 Å². The lowest BCUT2D eigenvalue weighted by Crippen LogP contribution is -2.52. The Hall–Kier alpha value is -2.47. The summed E-state index contributed by atoms with van der Waals surface area (Å²) in [6, 6.07) is 5.87. The van der Waals surface area contributed by atoms with Crippen LogP contribution in [0.1, 0.15) is 11.1 Å². The summed E-state index contributed by atoms with van der Waals surface area (Å²) in [6.07, 6.45) is -6.99. The molecule has 1 heterocycles. The van der Waals surface area contributed by atoms with Gasteiger partial charge in [0.15, 0.2) is 0 Å². The summed E-state index contributed by atoms with van der Waals surface area (Å²) in [5.74, 6) is -1.64. The molecule has 1 fully saturated rings. The normalized spacial score (nSPS) is 25.5. The molecule has 2 aliphatic rings. The molecular formula is C19H17F6N3. The maximum absolute atomic E-state index is 14.5. The lowest BCUT2D eigenvalue weighted by atomic mass is 9.65. The van der Waals surface area contributed by atoms with Crippen molar-refractivity contribution in [1.82, 2.24) is 10.2 Å². The lowest BCUT2D eigenvalue weighted by molar-refractivity contribution is -0.224. The number of rotatable bonds is 3. The van der Waals surface area contributed by atoms with E-state index in [0.29, 0.717) is 6.54 Å². The van der Waals surface area contributed by atoms with E-state index in [4.69, 9.17) is 0 Å². The monoisotopic (exact) mass is 401 g/mol. The van der Waals surface area contributed by atoms with Crippen LogP contribution in [0, 0.1) is 22.7 Å². The fraction of sp³-hybridized carbons (Fsp3) is 0.421. The number of nitriles is 1. The van der Waals surface area contributed by atoms with Gasteiger partial charge in [-0.2, -0.15) is 31.6 Å². The number of benzene rings is 1. The maximum Gasteiger partial charge on any atom is 0.416 e. The first kappa shape index (κ1) is 20.3. The van der Waals surface area contributed by atoms with E-state index in [9.17, 15) is 31.6 Å². The predicted octanol–water partition coefficient (Wildman–Crippen LogP) is 4.25. The third-order valence-corrected chi connectivity index (χ3v) is 5.18. The third-order valence-electron chi connectivity index (χ3n) is 5.18. The van der Waals surface area contributed by atoms with Crippen molar-refractivity contribution in [2.24, 2.45) is 11.3 Å². The fourth-order valence-electron chi connectivity index (χ4n) is 3.86. The SMILES string of the molecule is N#CC1C=CC=C(N2CCNC2)C1(Cc1ccccc1C(F)(F)F)C(F)(F)F. The van der Waals surface area contributed by atoms with Crippen molar-refractivity contribution in [3.63, 3.8) is 0 Å². The minimum atomic E-state index is -4.94. The van der Waals surface area contributed by atoms with E-state index in [-0.39, 0.29) is 18.9 Å². The summed E-state index contributed by atoms with van der Waals surface area (Å²) in [5, 5.41) is 12.4. The van der Waals surface area contributed by atoms with E-state index in [1.54, 1.807) is 6.07 Å². The first-order chi connectivity index (χ1) is 13.1. The standard InChI is InChI=1S/C19H17F6N3/c20-18(21,22)15-6-2-1-4-13(15)10-17(19(23,24)25)14(11-26)5-3-7-16(17)28-9-8-27-12-28/h1-7,14,27H,8-10,12H2. The molecule has 150 valence electrons. The van der Waals surface area contributed by atoms with Gasteiger partial charge >= 0.3 is 12.4 Å². The zero-order chi connectivity index (χ0) is 20.6. The van der Waals surface area contributed by atoms with Crippen LogP contribution in [0.2, 0.25) is 0 Å². The third kappa shape index (κ3) is 3.37. The van der Waals surface area contributed by atoms with Gasteiger partial charge in [-0.3, -0.25) is 5.32 Å². The van der Waals surface area contributed by atoms with Crippen molar-refractivity contribution in [3.05, 3.63) is 59.3 Å². The van der Waals surface area contributed by atoms with Gasteiger partial charge in [-0.15, -0.1) is 0 Å². The largest absolute Gasteiger partial charge is 0.416 e. The summed E-state index contributed by atoms with van der Waals surface area (Å²) in [5.41, 5.74) is -4.56. The van der Waals surface area contributed by atoms with Gasteiger partial charge in [0.25, 0.3) is 0 Å². The molecule has 3 rings (SSSR count). The van der Waals surface area contributed by atoms with Crippen LogP contribution in [0.25, 0.3) is 0 Å². The van der Waals surface area contributed by atoms with Crippen LogP contribution in [0.15, 0.2) is 48.2 Å². The summed E-state index contributed by atoms with van der Waals surface area (Å²) < 4.78 is 83.7. The van der Waals surface area contributed by atoms with E-state index in [2.05, 4.69) is 5.32 Å². The molecular weight excluding hydrogens is 384 g/mol. The summed E-state index contributed by atoms with van der Waals surface area (Å²) in [7, 11) is 0. The molecule has 1 aliphatic carbocycles. The Balaban J connectivity index is 2.19. The van der Waals surface area contributed by atoms with E-state index in [1.165, 1.54) is 23.1 Å². The van der Waals surface area contributed by atoms with Gasteiger partial charge in [-0.05, 0) is 24.1 Å². The van der Waals surface area contributed by atoms with Gasteiger partial charge < -0.3 is 4.90 Å². The van der Waals surface area contributed by atoms with Gasteiger partial charge in [-0.25, -0.2) is 0 Å². The molecule has 0 amide bonds. The van der Waals surface area contributed by atoms with Crippen molar-refractivity contribution in [1.29, 1.82) is 5.26 Å². The van der Waals surface area contributed by atoms with Crippen LogP contribution in [0.4, 0.5) is 26.3 Å². The Morgan fingerprint density at radius 2 is 1.89 bits per heavy atom. The van der Waals surface area contributed by atoms with Crippen molar-refractivity contribution in [2.75, 3.05) is 19.8 Å². The Morgan fingerprint density at radius 1 is 1.18 bits per heavy atom. The Bertz CT molecular complexity index is 827. The molecule has 28 heavy (non-hydrogen) atoms. The van der Waals surface area contributed by atoms with E-state index >= 15 is 0 Å². The lowest BCUT2D eigenvalue weighted by Gasteiger charge is -2.45. The molecule has 0 radical (unpaired) electrons. The number of halogens is 6. The van der Waals surface area contributed by atoms with Crippen molar-refractivity contribution in [2.45, 2.75) is 18.8 Å². The number of hydrogen-bond acceptors (Lipinski definition) is 3. The van der Waals surface area contributed by atoms with E-state index < -0.39 is 41.2 Å². The minimum absolute atomic E-state index is 0.135. The van der Waals surface area contributed by atoms with Crippen LogP contribution in [-0.2, 0) is 12.6 Å². The number of alkyl halides is 6. The second-order valence-electron chi connectivity index (χ2n) is 6.77. The molecule has 1 aromatic carbocycles. The quantitative estimate of drug-likeness (QED) is 0.770. The van der Waals surface area contributed by atoms with Crippen molar-refractivity contribution >= 4 is 0 Å².